The zero-order valence-electron chi connectivity index (χ0n) is 16.9. The number of rotatable bonds is 5. The predicted molar refractivity (Wildman–Crippen MR) is 123 cm³/mol. The molecule has 0 aliphatic heterocycles. The van der Waals surface area contributed by atoms with Crippen molar-refractivity contribution in [3.05, 3.63) is 58.2 Å². The van der Waals surface area contributed by atoms with E-state index in [1.807, 2.05) is 55.4 Å². The number of benzene rings is 2. The van der Waals surface area contributed by atoms with Gasteiger partial charge in [-0.15, -0.1) is 0 Å². The molecular formula is C23H20BrN5O. The number of nitriles is 1. The number of carbonyl (C=O) groups excluding carboxylic acids is 1. The third-order valence-corrected chi connectivity index (χ3v) is 4.74. The molecule has 0 aliphatic carbocycles. The Morgan fingerprint density at radius 2 is 2.03 bits per heavy atom. The molecule has 1 amide bonds. The van der Waals surface area contributed by atoms with Gasteiger partial charge in [-0.05, 0) is 62.8 Å². The Labute approximate surface area is 184 Å². The van der Waals surface area contributed by atoms with E-state index in [9.17, 15) is 10.1 Å². The number of anilines is 3. The molecule has 1 heterocycles. The number of pyridine rings is 1. The smallest absolute Gasteiger partial charge is 0.300 e. The fraction of sp³-hybridized carbons (Fsp3) is 0.174. The van der Waals surface area contributed by atoms with Gasteiger partial charge in [-0.2, -0.15) is 5.26 Å². The second kappa shape index (κ2) is 9.41. The number of hydrogen-bond donors (Lipinski definition) is 2. The van der Waals surface area contributed by atoms with Gasteiger partial charge in [0, 0.05) is 34.0 Å². The molecule has 0 unspecified atom stereocenters. The number of fused-ring (bicyclic) bond motifs is 1. The molecule has 0 radical (unpaired) electrons. The Kier molecular flexibility index (Phi) is 6.68. The molecule has 0 aliphatic rings. The first-order valence-electron chi connectivity index (χ1n) is 9.18. The quantitative estimate of drug-likeness (QED) is 0.541. The van der Waals surface area contributed by atoms with Crippen molar-refractivity contribution in [1.29, 1.82) is 5.26 Å². The van der Waals surface area contributed by atoms with E-state index >= 15 is 0 Å². The summed E-state index contributed by atoms with van der Waals surface area (Å²) in [5.74, 6) is 4.69. The maximum absolute atomic E-state index is 12.0. The minimum atomic E-state index is -0.390. The highest BCUT2D eigenvalue weighted by molar-refractivity contribution is 9.10. The first kappa shape index (κ1) is 21.3. The maximum atomic E-state index is 12.0. The first-order chi connectivity index (χ1) is 14.4. The molecule has 0 saturated carbocycles. The van der Waals surface area contributed by atoms with Crippen LogP contribution >= 0.6 is 15.9 Å². The van der Waals surface area contributed by atoms with Crippen LogP contribution in [-0.4, -0.2) is 29.9 Å². The van der Waals surface area contributed by atoms with Crippen LogP contribution in [0, 0.1) is 23.2 Å². The zero-order valence-corrected chi connectivity index (χ0v) is 18.5. The van der Waals surface area contributed by atoms with Crippen LogP contribution in [0.3, 0.4) is 0 Å². The van der Waals surface area contributed by atoms with E-state index in [1.165, 1.54) is 0 Å². The van der Waals surface area contributed by atoms with Crippen molar-refractivity contribution in [3.63, 3.8) is 0 Å². The van der Waals surface area contributed by atoms with Crippen LogP contribution in [0.4, 0.5) is 17.1 Å². The van der Waals surface area contributed by atoms with Crippen LogP contribution in [0.15, 0.2) is 47.1 Å². The monoisotopic (exact) mass is 461 g/mol. The van der Waals surface area contributed by atoms with Gasteiger partial charge in [0.25, 0.3) is 5.91 Å². The molecule has 6 nitrogen and oxygen atoms in total. The number of aromatic nitrogens is 1. The van der Waals surface area contributed by atoms with Crippen LogP contribution in [0.25, 0.3) is 10.9 Å². The highest BCUT2D eigenvalue weighted by Crippen LogP contribution is 2.34. The van der Waals surface area contributed by atoms with Gasteiger partial charge in [0.15, 0.2) is 0 Å². The van der Waals surface area contributed by atoms with Crippen LogP contribution in [0.2, 0.25) is 0 Å². The Morgan fingerprint density at radius 1 is 1.23 bits per heavy atom. The van der Waals surface area contributed by atoms with Crippen molar-refractivity contribution in [2.45, 2.75) is 13.5 Å². The lowest BCUT2D eigenvalue weighted by Crippen LogP contribution is -2.13. The number of amides is 1. The van der Waals surface area contributed by atoms with Gasteiger partial charge in [-0.1, -0.05) is 27.9 Å². The van der Waals surface area contributed by atoms with Crippen molar-refractivity contribution in [3.8, 4) is 17.9 Å². The third-order valence-electron chi connectivity index (χ3n) is 4.25. The summed E-state index contributed by atoms with van der Waals surface area (Å²) in [6, 6.07) is 13.6. The summed E-state index contributed by atoms with van der Waals surface area (Å²) >= 11 is 3.47. The molecule has 0 saturated heterocycles. The van der Waals surface area contributed by atoms with Gasteiger partial charge in [0.1, 0.15) is 6.07 Å². The Morgan fingerprint density at radius 3 is 2.70 bits per heavy atom. The molecule has 0 fully saturated rings. The topological polar surface area (TPSA) is 81.1 Å². The summed E-state index contributed by atoms with van der Waals surface area (Å²) in [7, 11) is 3.92. The van der Waals surface area contributed by atoms with E-state index in [0.717, 1.165) is 26.6 Å². The predicted octanol–water partition coefficient (Wildman–Crippen LogP) is 4.64. The molecule has 150 valence electrons. The first-order valence-corrected chi connectivity index (χ1v) is 9.97. The van der Waals surface area contributed by atoms with E-state index in [1.54, 1.807) is 13.1 Å². The van der Waals surface area contributed by atoms with Crippen LogP contribution < -0.4 is 10.6 Å². The van der Waals surface area contributed by atoms with Gasteiger partial charge >= 0.3 is 0 Å². The molecule has 3 rings (SSSR count). The van der Waals surface area contributed by atoms with Gasteiger partial charge in [-0.25, -0.2) is 0 Å². The van der Waals surface area contributed by atoms with Crippen LogP contribution in [0.1, 0.15) is 18.1 Å². The highest BCUT2D eigenvalue weighted by Gasteiger charge is 2.15. The second-order valence-electron chi connectivity index (χ2n) is 6.89. The number of carbonyl (C=O) groups is 1. The highest BCUT2D eigenvalue weighted by atomic mass is 79.9. The third kappa shape index (κ3) is 4.96. The van der Waals surface area contributed by atoms with E-state index < -0.39 is 5.91 Å². The summed E-state index contributed by atoms with van der Waals surface area (Å²) in [5.41, 5.74) is 4.17. The number of hydrogen-bond acceptors (Lipinski definition) is 5. The van der Waals surface area contributed by atoms with Gasteiger partial charge in [0.2, 0.25) is 0 Å². The molecule has 0 atom stereocenters. The van der Waals surface area contributed by atoms with Crippen molar-refractivity contribution in [1.82, 2.24) is 9.88 Å². The summed E-state index contributed by atoms with van der Waals surface area (Å²) in [5, 5.41) is 16.6. The largest absolute Gasteiger partial charge is 0.354 e. The van der Waals surface area contributed by atoms with Crippen molar-refractivity contribution >= 4 is 49.8 Å². The van der Waals surface area contributed by atoms with Crippen molar-refractivity contribution in [2.24, 2.45) is 0 Å². The lowest BCUT2D eigenvalue weighted by Gasteiger charge is -2.17. The minimum Gasteiger partial charge on any atom is -0.354 e. The summed E-state index contributed by atoms with van der Waals surface area (Å²) in [6.45, 7) is 2.23. The molecule has 2 aromatic carbocycles. The Hall–Kier alpha value is -3.39. The SMILES string of the molecule is CC#CC(=O)Nc1cc(CN(C)C)c2ncc(C#N)c(Nc3cccc(Br)c3)c2c1. The molecule has 1 aromatic heterocycles. The van der Waals surface area contributed by atoms with E-state index in [4.69, 9.17) is 0 Å². The molecule has 30 heavy (non-hydrogen) atoms. The summed E-state index contributed by atoms with van der Waals surface area (Å²) in [4.78, 5) is 18.6. The van der Waals surface area contributed by atoms with E-state index in [2.05, 4.69) is 49.5 Å². The Balaban J connectivity index is 2.22. The number of nitrogens with one attached hydrogen (secondary N) is 2. The van der Waals surface area contributed by atoms with Gasteiger partial charge < -0.3 is 15.5 Å². The second-order valence-corrected chi connectivity index (χ2v) is 7.81. The molecule has 0 spiro atoms. The molecule has 3 aromatic rings. The lowest BCUT2D eigenvalue weighted by molar-refractivity contribution is -0.111. The molecule has 7 heteroatoms. The normalized spacial score (nSPS) is 10.3. The minimum absolute atomic E-state index is 0.390. The number of halogens is 1. The van der Waals surface area contributed by atoms with E-state index in [-0.39, 0.29) is 0 Å². The summed E-state index contributed by atoms with van der Waals surface area (Å²) < 4.78 is 0.920. The van der Waals surface area contributed by atoms with Gasteiger partial charge in [0.05, 0.1) is 16.8 Å². The fourth-order valence-electron chi connectivity index (χ4n) is 3.12. The maximum Gasteiger partial charge on any atom is 0.300 e. The molecular weight excluding hydrogens is 442 g/mol. The molecule has 2 N–H and O–H groups in total. The standard InChI is InChI=1S/C23H20BrN5O/c1-4-6-21(30)27-19-9-15(14-29(2)3)22-20(11-19)23(16(12-25)13-26-22)28-18-8-5-7-17(24)10-18/h5,7-11,13H,14H2,1-3H3,(H,26,28)(H,27,30). The number of nitrogens with zero attached hydrogens (tertiary/aromatic N) is 3. The fourth-order valence-corrected chi connectivity index (χ4v) is 3.51. The lowest BCUT2D eigenvalue weighted by atomic mass is 10.0. The zero-order chi connectivity index (χ0) is 21.7. The average Bonchev–Trinajstić information content (AvgIpc) is 2.68. The average molecular weight is 462 g/mol. The molecule has 0 bridgehead atoms. The summed E-state index contributed by atoms with van der Waals surface area (Å²) in [6.07, 6.45) is 1.57. The van der Waals surface area contributed by atoms with Crippen molar-refractivity contribution in [2.75, 3.05) is 24.7 Å². The Bertz CT molecular complexity index is 1220. The van der Waals surface area contributed by atoms with Crippen LogP contribution in [-0.2, 0) is 11.3 Å². The van der Waals surface area contributed by atoms with Crippen molar-refractivity contribution < 1.29 is 4.79 Å². The van der Waals surface area contributed by atoms with Gasteiger partial charge in [-0.3, -0.25) is 9.78 Å². The van der Waals surface area contributed by atoms with E-state index in [0.29, 0.717) is 23.5 Å². The van der Waals surface area contributed by atoms with Crippen LogP contribution in [0.5, 0.6) is 0 Å².